The first-order chi connectivity index (χ1) is 12.0. The van der Waals surface area contributed by atoms with Crippen LogP contribution in [-0.2, 0) is 11.2 Å². The molecule has 6 heteroatoms. The van der Waals surface area contributed by atoms with Gasteiger partial charge in [0, 0.05) is 42.2 Å². The summed E-state index contributed by atoms with van der Waals surface area (Å²) in [6.07, 6.45) is 0.738. The van der Waals surface area contributed by atoms with Gasteiger partial charge in [-0.15, -0.1) is 0 Å². The summed E-state index contributed by atoms with van der Waals surface area (Å²) in [5.41, 5.74) is 1.65. The average molecular weight is 379 g/mol. The number of hydrogen-bond donors (Lipinski definition) is 1. The van der Waals surface area contributed by atoms with Crippen molar-refractivity contribution in [1.82, 2.24) is 10.2 Å². The van der Waals surface area contributed by atoms with Crippen LogP contribution in [0.5, 0.6) is 0 Å². The fourth-order valence-electron chi connectivity index (χ4n) is 2.35. The first-order valence-corrected chi connectivity index (χ1v) is 8.75. The molecule has 0 spiro atoms. The molecule has 1 N–H and O–H groups in total. The van der Waals surface area contributed by atoms with Crippen molar-refractivity contribution >= 4 is 35.0 Å². The first-order valence-electron chi connectivity index (χ1n) is 7.99. The third-order valence-electron chi connectivity index (χ3n) is 3.80. The van der Waals surface area contributed by atoms with E-state index in [9.17, 15) is 9.59 Å². The molecule has 0 aliphatic carbocycles. The molecule has 0 saturated carbocycles. The molecule has 0 unspecified atom stereocenters. The minimum atomic E-state index is -0.183. The largest absolute Gasteiger partial charge is 0.350 e. The molecule has 4 nitrogen and oxygen atoms in total. The number of carbonyl (C=O) groups excluding carboxylic acids is 2. The van der Waals surface area contributed by atoms with E-state index in [2.05, 4.69) is 5.32 Å². The zero-order valence-corrected chi connectivity index (χ0v) is 15.5. The number of hydrogen-bond acceptors (Lipinski definition) is 2. The van der Waals surface area contributed by atoms with Crippen LogP contribution < -0.4 is 5.32 Å². The van der Waals surface area contributed by atoms with E-state index in [1.54, 1.807) is 29.2 Å². The van der Waals surface area contributed by atoms with Gasteiger partial charge >= 0.3 is 0 Å². The summed E-state index contributed by atoms with van der Waals surface area (Å²) in [5.74, 6) is -0.201. The van der Waals surface area contributed by atoms with E-state index in [1.807, 2.05) is 24.3 Å². The highest BCUT2D eigenvalue weighted by Gasteiger charge is 2.10. The van der Waals surface area contributed by atoms with Crippen molar-refractivity contribution in [3.05, 3.63) is 69.7 Å². The van der Waals surface area contributed by atoms with Gasteiger partial charge in [-0.1, -0.05) is 35.3 Å². The maximum absolute atomic E-state index is 12.0. The van der Waals surface area contributed by atoms with Crippen LogP contribution in [0.1, 0.15) is 22.8 Å². The van der Waals surface area contributed by atoms with Crippen molar-refractivity contribution in [3.8, 4) is 0 Å². The van der Waals surface area contributed by atoms with Gasteiger partial charge in [-0.25, -0.2) is 0 Å². The first kappa shape index (κ1) is 19.3. The maximum Gasteiger partial charge on any atom is 0.251 e. The van der Waals surface area contributed by atoms with Crippen molar-refractivity contribution in [3.63, 3.8) is 0 Å². The number of nitrogens with zero attached hydrogens (tertiary/aromatic N) is 1. The molecule has 25 heavy (non-hydrogen) atoms. The van der Waals surface area contributed by atoms with Crippen molar-refractivity contribution in [1.29, 1.82) is 0 Å². The Balaban J connectivity index is 1.80. The lowest BCUT2D eigenvalue weighted by atomic mass is 10.1. The molecule has 0 aliphatic heterocycles. The number of amides is 2. The van der Waals surface area contributed by atoms with Gasteiger partial charge in [0.05, 0.1) is 0 Å². The second-order valence-electron chi connectivity index (χ2n) is 5.65. The number of carbonyl (C=O) groups is 2. The summed E-state index contributed by atoms with van der Waals surface area (Å²) in [6.45, 7) is 2.97. The Kier molecular flexibility index (Phi) is 7.29. The summed E-state index contributed by atoms with van der Waals surface area (Å²) in [6, 6.07) is 14.2. The predicted octanol–water partition coefficient (Wildman–Crippen LogP) is 3.81. The summed E-state index contributed by atoms with van der Waals surface area (Å²) in [4.78, 5) is 25.5. The average Bonchev–Trinajstić information content (AvgIpc) is 2.59. The van der Waals surface area contributed by atoms with Crippen molar-refractivity contribution in [2.24, 2.45) is 0 Å². The molecule has 2 amide bonds. The summed E-state index contributed by atoms with van der Waals surface area (Å²) < 4.78 is 0. The highest BCUT2D eigenvalue weighted by Crippen LogP contribution is 2.11. The molecule has 2 aromatic rings. The lowest BCUT2D eigenvalue weighted by molar-refractivity contribution is -0.128. The molecule has 0 aromatic heterocycles. The van der Waals surface area contributed by atoms with Crippen LogP contribution in [0.4, 0.5) is 0 Å². The Morgan fingerprint density at radius 3 is 2.04 bits per heavy atom. The number of nitrogens with one attached hydrogen (secondary N) is 1. The Labute approximate surface area is 157 Å². The van der Waals surface area contributed by atoms with E-state index in [0.29, 0.717) is 35.2 Å². The summed E-state index contributed by atoms with van der Waals surface area (Å²) >= 11 is 11.7. The van der Waals surface area contributed by atoms with Gasteiger partial charge in [-0.05, 0) is 48.4 Å². The van der Waals surface area contributed by atoms with Gasteiger partial charge in [0.2, 0.25) is 5.91 Å². The van der Waals surface area contributed by atoms with Crippen LogP contribution in [-0.4, -0.2) is 36.3 Å². The van der Waals surface area contributed by atoms with Crippen LogP contribution in [0.2, 0.25) is 10.0 Å². The molecular formula is C19H20Cl2N2O2. The molecule has 0 saturated heterocycles. The SMILES string of the molecule is CC(=O)N(CCNC(=O)c1ccc(Cl)cc1)CCc1ccc(Cl)cc1. The van der Waals surface area contributed by atoms with E-state index in [-0.39, 0.29) is 11.8 Å². The van der Waals surface area contributed by atoms with E-state index < -0.39 is 0 Å². The van der Waals surface area contributed by atoms with Crippen LogP contribution >= 0.6 is 23.2 Å². The maximum atomic E-state index is 12.0. The minimum absolute atomic E-state index is 0.0188. The Hall–Kier alpha value is -2.04. The van der Waals surface area contributed by atoms with E-state index in [4.69, 9.17) is 23.2 Å². The predicted molar refractivity (Wildman–Crippen MR) is 101 cm³/mol. The van der Waals surface area contributed by atoms with E-state index in [0.717, 1.165) is 12.0 Å². The lowest BCUT2D eigenvalue weighted by Crippen LogP contribution is -2.38. The molecule has 0 heterocycles. The van der Waals surface area contributed by atoms with E-state index >= 15 is 0 Å². The molecule has 2 rings (SSSR count). The monoisotopic (exact) mass is 378 g/mol. The number of benzene rings is 2. The molecule has 0 fully saturated rings. The third-order valence-corrected chi connectivity index (χ3v) is 4.31. The minimum Gasteiger partial charge on any atom is -0.350 e. The molecule has 0 atom stereocenters. The second kappa shape index (κ2) is 9.44. The van der Waals surface area contributed by atoms with E-state index in [1.165, 1.54) is 6.92 Å². The van der Waals surface area contributed by atoms with Crippen LogP contribution in [0.15, 0.2) is 48.5 Å². The van der Waals surface area contributed by atoms with Gasteiger partial charge in [-0.3, -0.25) is 9.59 Å². The molecular weight excluding hydrogens is 359 g/mol. The van der Waals surface area contributed by atoms with Crippen molar-refractivity contribution in [2.75, 3.05) is 19.6 Å². The van der Waals surface area contributed by atoms with Gasteiger partial charge in [0.25, 0.3) is 5.91 Å². The normalized spacial score (nSPS) is 10.4. The Morgan fingerprint density at radius 1 is 0.920 bits per heavy atom. The molecule has 0 bridgehead atoms. The van der Waals surface area contributed by atoms with Crippen LogP contribution in [0.25, 0.3) is 0 Å². The summed E-state index contributed by atoms with van der Waals surface area (Å²) in [7, 11) is 0. The second-order valence-corrected chi connectivity index (χ2v) is 6.52. The topological polar surface area (TPSA) is 49.4 Å². The quantitative estimate of drug-likeness (QED) is 0.795. The Bertz CT molecular complexity index is 715. The smallest absolute Gasteiger partial charge is 0.251 e. The zero-order valence-electron chi connectivity index (χ0n) is 14.0. The van der Waals surface area contributed by atoms with Gasteiger partial charge < -0.3 is 10.2 Å². The third kappa shape index (κ3) is 6.40. The highest BCUT2D eigenvalue weighted by molar-refractivity contribution is 6.30. The van der Waals surface area contributed by atoms with Gasteiger partial charge in [0.1, 0.15) is 0 Å². The fourth-order valence-corrected chi connectivity index (χ4v) is 2.60. The zero-order chi connectivity index (χ0) is 18.2. The lowest BCUT2D eigenvalue weighted by Gasteiger charge is -2.21. The molecule has 0 radical (unpaired) electrons. The highest BCUT2D eigenvalue weighted by atomic mass is 35.5. The molecule has 0 aliphatic rings. The van der Waals surface area contributed by atoms with Gasteiger partial charge in [0.15, 0.2) is 0 Å². The van der Waals surface area contributed by atoms with Crippen LogP contribution in [0.3, 0.4) is 0 Å². The van der Waals surface area contributed by atoms with Crippen molar-refractivity contribution < 1.29 is 9.59 Å². The molecule has 2 aromatic carbocycles. The standard InChI is InChI=1S/C19H20Cl2N2O2/c1-14(24)23(12-10-15-2-6-17(20)7-3-15)13-11-22-19(25)16-4-8-18(21)9-5-16/h2-9H,10-13H2,1H3,(H,22,25). The van der Waals surface area contributed by atoms with Crippen molar-refractivity contribution in [2.45, 2.75) is 13.3 Å². The molecule has 132 valence electrons. The number of rotatable bonds is 7. The summed E-state index contributed by atoms with van der Waals surface area (Å²) in [5, 5.41) is 4.09. The Morgan fingerprint density at radius 2 is 1.48 bits per heavy atom. The van der Waals surface area contributed by atoms with Gasteiger partial charge in [-0.2, -0.15) is 0 Å². The number of halogens is 2. The van der Waals surface area contributed by atoms with Crippen LogP contribution in [0, 0.1) is 0 Å². The fraction of sp³-hybridized carbons (Fsp3) is 0.263.